The smallest absolute Gasteiger partial charge is 0.339 e. The largest absolute Gasteiger partial charge is 0.490 e. The molecule has 2 aliphatic carbocycles. The monoisotopic (exact) mass is 1940 g/mol. The van der Waals surface area contributed by atoms with Crippen molar-refractivity contribution in [2.24, 2.45) is 0 Å². The molecule has 0 aliphatic heterocycles. The average Bonchev–Trinajstić information content (AvgIpc) is 1.53. The van der Waals surface area contributed by atoms with Crippen molar-refractivity contribution >= 4 is 45.7 Å². The van der Waals surface area contributed by atoms with Gasteiger partial charge in [0, 0.05) is 30.7 Å². The summed E-state index contributed by atoms with van der Waals surface area (Å²) in [6.45, 7) is 7.08. The molecule has 143 heavy (non-hydrogen) atoms. The number of fused-ring (bicyclic) bond motifs is 9. The standard InChI is InChI=1S/C118H121NO24/c1-4-5-6-9-14-79-19-33-94(34-20-79)119-109-39-27-82(86-25-37-97-95-35-23-84(80-15-10-7-11-16-80)69-105(95)117(107(97)71-86,90-29-21-88(99(73-90)113(122)123)77-140-61-59-136-53-51-132-45-43-120)91-30-22-89(100(74-91)114(124)125)78-141-62-60-137-54-52-133-46-44-121)67-101(109)102-68-83(28-40-110(102)119)87-26-38-98-96-36-24-85(81-17-12-8-13-18-81)70-106(96)118(108(98)72-87,92-31-41-111(103(75-92)115(126)127)142-65-63-138-57-55-134-49-47-130-2)93-32-42-112(104(76-93)116(128)129)143-66-64-139-58-56-135-50-48-131-3/h7-8,10-13,15-42,67-76,120-121H,4-6,9,14,43-66,77-78H2,1-3H3,(H,122,123)(H,124,125)(H,126,127)(H,128,129). The van der Waals surface area contributed by atoms with Crippen LogP contribution in [0.5, 0.6) is 11.5 Å². The van der Waals surface area contributed by atoms with Gasteiger partial charge in [0.05, 0.1) is 192 Å². The SMILES string of the molecule is CCCCCCc1ccc(-n2c3ccc(-c4ccc5c(c4)C(c4ccc(COCCOCCOCCO)c(C(=O)O)c4)(c4ccc(COCCOCCOCCO)c(C(=O)O)c4)c4cc(-c6ccccc6)ccc4-5)cc3c3cc(-c4ccc5c(c4)C(c4ccc(OCCOCCOCCOC)c(C(=O)O)c4)(c4ccc(OCCOCCOCCOC)c(C(=O)O)c4)c4cc(-c6ccccc6)ccc4-5)ccc32)cc1. The fourth-order valence-electron chi connectivity index (χ4n) is 19.5. The van der Waals surface area contributed by atoms with E-state index in [4.69, 9.17) is 66.3 Å². The molecule has 6 N–H and O–H groups in total. The van der Waals surface area contributed by atoms with Crippen molar-refractivity contribution in [3.63, 3.8) is 0 Å². The van der Waals surface area contributed by atoms with Crippen LogP contribution in [0.3, 0.4) is 0 Å². The third-order valence-corrected chi connectivity index (χ3v) is 26.3. The number of nitrogens with zero attached hydrogens (tertiary/aromatic N) is 1. The number of benzene rings is 13. The van der Waals surface area contributed by atoms with E-state index in [1.54, 1.807) is 62.8 Å². The highest BCUT2D eigenvalue weighted by Crippen LogP contribution is 2.61. The molecule has 14 aromatic rings. The summed E-state index contributed by atoms with van der Waals surface area (Å²) in [6, 6.07) is 88.2. The Kier molecular flexibility index (Phi) is 35.8. The van der Waals surface area contributed by atoms with Crippen molar-refractivity contribution in [2.45, 2.75) is 63.1 Å². The van der Waals surface area contributed by atoms with Gasteiger partial charge in [0.1, 0.15) is 35.8 Å². The second-order valence-corrected chi connectivity index (χ2v) is 35.1. The molecule has 1 heterocycles. The van der Waals surface area contributed by atoms with E-state index in [1.165, 1.54) is 5.56 Å². The minimum Gasteiger partial charge on any atom is -0.490 e. The highest BCUT2D eigenvalue weighted by molar-refractivity contribution is 6.12. The summed E-state index contributed by atoms with van der Waals surface area (Å²) in [6.07, 6.45) is 5.41. The Morgan fingerprint density at radius 3 is 0.951 bits per heavy atom. The van der Waals surface area contributed by atoms with Crippen LogP contribution in [0.4, 0.5) is 0 Å². The number of carboxylic acids is 4. The van der Waals surface area contributed by atoms with Gasteiger partial charge in [-0.25, -0.2) is 19.2 Å². The van der Waals surface area contributed by atoms with E-state index < -0.39 is 34.7 Å². The molecule has 742 valence electrons. The molecule has 0 unspecified atom stereocenters. The van der Waals surface area contributed by atoms with Gasteiger partial charge < -0.3 is 102 Å². The number of rotatable bonds is 58. The first-order valence-corrected chi connectivity index (χ1v) is 48.7. The number of aromatic carboxylic acids is 4. The number of ether oxygens (including phenoxy) is 14. The zero-order valence-corrected chi connectivity index (χ0v) is 80.8. The highest BCUT2D eigenvalue weighted by atomic mass is 16.6. The fraction of sp³-hybridized carbons (Fsp3) is 0.305. The molecule has 0 saturated carbocycles. The molecule has 25 heteroatoms. The zero-order valence-electron chi connectivity index (χ0n) is 80.8. The van der Waals surface area contributed by atoms with Gasteiger partial charge in [-0.2, -0.15) is 0 Å². The summed E-state index contributed by atoms with van der Waals surface area (Å²) in [4.78, 5) is 56.5. The first-order chi connectivity index (χ1) is 70.1. The number of aliphatic hydroxyl groups is 2. The van der Waals surface area contributed by atoms with Crippen molar-refractivity contribution in [1.82, 2.24) is 4.57 Å². The number of unbranched alkanes of at least 4 members (excludes halogenated alkanes) is 3. The summed E-state index contributed by atoms with van der Waals surface area (Å²) in [5.74, 6) is -4.74. The molecule has 0 radical (unpaired) electrons. The predicted octanol–water partition coefficient (Wildman–Crippen LogP) is 20.3. The fourth-order valence-corrected chi connectivity index (χ4v) is 19.5. The van der Waals surface area contributed by atoms with Crippen LogP contribution in [0.25, 0.3) is 94.3 Å². The Bertz CT molecular complexity index is 6180. The van der Waals surface area contributed by atoms with E-state index in [1.807, 2.05) is 84.9 Å². The summed E-state index contributed by atoms with van der Waals surface area (Å²) in [7, 11) is 3.20. The second kappa shape index (κ2) is 50.0. The molecule has 0 saturated heterocycles. The Morgan fingerprint density at radius 2 is 0.601 bits per heavy atom. The minimum atomic E-state index is -1.48. The number of carboxylic acid groups (broad SMARTS) is 4. The molecular formula is C118H121NO24. The topological polar surface area (TPSA) is 324 Å². The Morgan fingerprint density at radius 1 is 0.287 bits per heavy atom. The first kappa shape index (κ1) is 102. The number of aromatic nitrogens is 1. The van der Waals surface area contributed by atoms with Crippen molar-refractivity contribution < 1.29 is 116 Å². The Labute approximate surface area is 831 Å². The summed E-state index contributed by atoms with van der Waals surface area (Å²) in [5, 5.41) is 66.3. The molecule has 16 rings (SSSR count). The van der Waals surface area contributed by atoms with Crippen LogP contribution >= 0.6 is 0 Å². The lowest BCUT2D eigenvalue weighted by atomic mass is 9.66. The van der Waals surface area contributed by atoms with E-state index in [0.29, 0.717) is 73.0 Å². The van der Waals surface area contributed by atoms with Crippen LogP contribution in [-0.2, 0) is 87.3 Å². The van der Waals surface area contributed by atoms with E-state index in [9.17, 15) is 49.8 Å². The normalized spacial score (nSPS) is 12.7. The number of aryl methyl sites for hydroxylation is 1. The van der Waals surface area contributed by atoms with Crippen molar-refractivity contribution in [1.29, 1.82) is 0 Å². The minimum absolute atomic E-state index is 0.0121. The van der Waals surface area contributed by atoms with Gasteiger partial charge in [-0.3, -0.25) is 0 Å². The van der Waals surface area contributed by atoms with Gasteiger partial charge >= 0.3 is 23.9 Å². The van der Waals surface area contributed by atoms with Crippen LogP contribution in [0.2, 0.25) is 0 Å². The Hall–Kier alpha value is -13.4. The Balaban J connectivity index is 0.871. The quantitative estimate of drug-likeness (QED) is 0.0193. The van der Waals surface area contributed by atoms with Gasteiger partial charge in [0.25, 0.3) is 0 Å². The van der Waals surface area contributed by atoms with Crippen LogP contribution in [-0.4, -0.2) is 232 Å². The number of methoxy groups -OCH3 is 2. The van der Waals surface area contributed by atoms with Gasteiger partial charge in [0.15, 0.2) is 0 Å². The molecule has 0 amide bonds. The molecule has 0 spiro atoms. The van der Waals surface area contributed by atoms with Crippen molar-refractivity contribution in [3.8, 4) is 83.9 Å². The molecule has 0 atom stereocenters. The lowest BCUT2D eigenvalue weighted by Crippen LogP contribution is -2.30. The molecule has 0 bridgehead atoms. The van der Waals surface area contributed by atoms with Gasteiger partial charge in [-0.1, -0.05) is 196 Å². The number of carbonyl (C=O) groups is 4. The van der Waals surface area contributed by atoms with E-state index in [-0.39, 0.29) is 166 Å². The van der Waals surface area contributed by atoms with Gasteiger partial charge in [-0.05, 0) is 238 Å². The third-order valence-electron chi connectivity index (χ3n) is 26.3. The summed E-state index contributed by atoms with van der Waals surface area (Å²) in [5.41, 5.74) is 16.7. The van der Waals surface area contributed by atoms with E-state index in [0.717, 1.165) is 149 Å². The molecule has 0 fully saturated rings. The lowest BCUT2D eigenvalue weighted by Gasteiger charge is -2.35. The van der Waals surface area contributed by atoms with Gasteiger partial charge in [-0.15, -0.1) is 0 Å². The van der Waals surface area contributed by atoms with Crippen molar-refractivity contribution in [3.05, 3.63) is 350 Å². The third kappa shape index (κ3) is 23.4. The summed E-state index contributed by atoms with van der Waals surface area (Å²) >= 11 is 0. The maximum Gasteiger partial charge on any atom is 0.339 e. The number of hydrogen-bond acceptors (Lipinski definition) is 20. The van der Waals surface area contributed by atoms with Crippen molar-refractivity contribution in [2.75, 3.05) is 173 Å². The summed E-state index contributed by atoms with van der Waals surface area (Å²) < 4.78 is 82.7. The van der Waals surface area contributed by atoms with Crippen LogP contribution in [0, 0.1) is 0 Å². The molecule has 1 aromatic heterocycles. The van der Waals surface area contributed by atoms with Crippen LogP contribution < -0.4 is 9.47 Å². The van der Waals surface area contributed by atoms with E-state index in [2.05, 4.69) is 145 Å². The predicted molar refractivity (Wildman–Crippen MR) is 548 cm³/mol. The maximum atomic E-state index is 14.1. The van der Waals surface area contributed by atoms with Gasteiger partial charge in [0.2, 0.25) is 0 Å². The lowest BCUT2D eigenvalue weighted by molar-refractivity contribution is 0.00435. The average molecular weight is 1940 g/mol. The van der Waals surface area contributed by atoms with E-state index >= 15 is 0 Å². The second-order valence-electron chi connectivity index (χ2n) is 35.1. The molecule has 2 aliphatic rings. The number of hydrogen-bond donors (Lipinski definition) is 6. The van der Waals surface area contributed by atoms with Crippen LogP contribution in [0.1, 0.15) is 135 Å². The first-order valence-electron chi connectivity index (χ1n) is 48.7. The molecular weight excluding hydrogens is 1820 g/mol. The molecule has 25 nitrogen and oxygen atoms in total. The zero-order chi connectivity index (χ0) is 99.4. The van der Waals surface area contributed by atoms with Crippen LogP contribution in [0.15, 0.2) is 267 Å². The molecule has 13 aromatic carbocycles. The highest BCUT2D eigenvalue weighted by Gasteiger charge is 2.50. The number of aliphatic hydroxyl groups excluding tert-OH is 2. The maximum absolute atomic E-state index is 14.1.